The summed E-state index contributed by atoms with van der Waals surface area (Å²) in [5, 5.41) is 8.91. The summed E-state index contributed by atoms with van der Waals surface area (Å²) in [5.41, 5.74) is 0. The van der Waals surface area contributed by atoms with Gasteiger partial charge in [-0.05, 0) is 12.8 Å². The van der Waals surface area contributed by atoms with Gasteiger partial charge < -0.3 is 9.84 Å². The van der Waals surface area contributed by atoms with E-state index in [1.807, 2.05) is 0 Å². The van der Waals surface area contributed by atoms with E-state index in [1.54, 1.807) is 0 Å². The van der Waals surface area contributed by atoms with E-state index in [1.165, 1.54) is 7.11 Å². The molecule has 0 heterocycles. The molecular weight excluding hydrogens is 120 g/mol. The monoisotopic (exact) mass is 130 g/mol. The minimum atomic E-state index is -0.447. The van der Waals surface area contributed by atoms with Crippen LogP contribution in [0.1, 0.15) is 12.8 Å². The highest BCUT2D eigenvalue weighted by atomic mass is 16.5. The van der Waals surface area contributed by atoms with Crippen LogP contribution in [0.5, 0.6) is 0 Å². The van der Waals surface area contributed by atoms with Crippen LogP contribution in [0.25, 0.3) is 0 Å². The first-order valence-electron chi connectivity index (χ1n) is 3.01. The van der Waals surface area contributed by atoms with Crippen LogP contribution in [0.2, 0.25) is 0 Å². The molecule has 0 unspecified atom stereocenters. The zero-order valence-corrected chi connectivity index (χ0v) is 5.33. The number of esters is 1. The molecule has 1 fully saturated rings. The molecule has 1 rings (SSSR count). The molecule has 0 radical (unpaired) electrons. The van der Waals surface area contributed by atoms with E-state index < -0.39 is 6.10 Å². The Hall–Kier alpha value is -0.570. The van der Waals surface area contributed by atoms with Gasteiger partial charge in [0.05, 0.1) is 19.1 Å². The van der Waals surface area contributed by atoms with Gasteiger partial charge in [0, 0.05) is 0 Å². The molecule has 0 amide bonds. The Morgan fingerprint density at radius 2 is 2.33 bits per heavy atom. The van der Waals surface area contributed by atoms with Gasteiger partial charge in [-0.3, -0.25) is 4.79 Å². The van der Waals surface area contributed by atoms with Gasteiger partial charge in [0.15, 0.2) is 0 Å². The van der Waals surface area contributed by atoms with Crippen molar-refractivity contribution in [1.29, 1.82) is 0 Å². The largest absolute Gasteiger partial charge is 0.469 e. The lowest BCUT2D eigenvalue weighted by molar-refractivity contribution is -0.155. The summed E-state index contributed by atoms with van der Waals surface area (Å²) in [7, 11) is 1.34. The van der Waals surface area contributed by atoms with E-state index in [4.69, 9.17) is 5.11 Å². The second-order valence-corrected chi connectivity index (χ2v) is 2.27. The van der Waals surface area contributed by atoms with Crippen molar-refractivity contribution in [3.8, 4) is 0 Å². The molecule has 0 aliphatic heterocycles. The van der Waals surface area contributed by atoms with Crippen LogP contribution in [-0.4, -0.2) is 24.3 Å². The van der Waals surface area contributed by atoms with Gasteiger partial charge in [-0.2, -0.15) is 0 Å². The first-order chi connectivity index (χ1) is 4.25. The maximum Gasteiger partial charge on any atom is 0.311 e. The zero-order chi connectivity index (χ0) is 6.85. The molecule has 2 atom stereocenters. The lowest BCUT2D eigenvalue weighted by atomic mass is 9.82. The Labute approximate surface area is 53.6 Å². The summed E-state index contributed by atoms with van der Waals surface area (Å²) in [6.07, 6.45) is 1.06. The number of ether oxygens (including phenoxy) is 1. The number of hydrogen-bond acceptors (Lipinski definition) is 3. The highest BCUT2D eigenvalue weighted by Gasteiger charge is 2.35. The molecule has 0 aromatic heterocycles. The average Bonchev–Trinajstić information content (AvgIpc) is 1.84. The van der Waals surface area contributed by atoms with E-state index in [0.717, 1.165) is 12.8 Å². The van der Waals surface area contributed by atoms with Gasteiger partial charge in [-0.1, -0.05) is 0 Å². The molecule has 1 N–H and O–H groups in total. The molecule has 0 bridgehead atoms. The Bertz CT molecular complexity index is 121. The van der Waals surface area contributed by atoms with Crippen molar-refractivity contribution >= 4 is 5.97 Å². The van der Waals surface area contributed by atoms with E-state index in [9.17, 15) is 4.79 Å². The van der Waals surface area contributed by atoms with E-state index in [0.29, 0.717) is 0 Å². The summed E-state index contributed by atoms with van der Waals surface area (Å²) in [4.78, 5) is 10.6. The van der Waals surface area contributed by atoms with Crippen LogP contribution in [0.3, 0.4) is 0 Å². The number of methoxy groups -OCH3 is 1. The third-order valence-corrected chi connectivity index (χ3v) is 1.74. The Morgan fingerprint density at radius 1 is 1.67 bits per heavy atom. The summed E-state index contributed by atoms with van der Waals surface area (Å²) in [5.74, 6) is -0.524. The molecule has 1 aliphatic rings. The summed E-state index contributed by atoms with van der Waals surface area (Å²) in [6.45, 7) is 0. The molecule has 1 saturated carbocycles. The SMILES string of the molecule is COC(=O)[C@@H]1CC[C@@H]1O. The third kappa shape index (κ3) is 1.05. The minimum Gasteiger partial charge on any atom is -0.469 e. The van der Waals surface area contributed by atoms with Crippen molar-refractivity contribution in [2.24, 2.45) is 5.92 Å². The predicted molar refractivity (Wildman–Crippen MR) is 30.7 cm³/mol. The predicted octanol–water partition coefficient (Wildman–Crippen LogP) is -0.0697. The first kappa shape index (κ1) is 6.55. The number of carbonyl (C=O) groups excluding carboxylic acids is 1. The van der Waals surface area contributed by atoms with Crippen molar-refractivity contribution in [3.63, 3.8) is 0 Å². The van der Waals surface area contributed by atoms with Gasteiger partial charge in [0.25, 0.3) is 0 Å². The zero-order valence-electron chi connectivity index (χ0n) is 5.33. The number of carbonyl (C=O) groups is 1. The highest BCUT2D eigenvalue weighted by molar-refractivity contribution is 5.73. The number of hydrogen-bond donors (Lipinski definition) is 1. The topological polar surface area (TPSA) is 46.5 Å². The summed E-state index contributed by atoms with van der Waals surface area (Å²) >= 11 is 0. The molecular formula is C6H10O3. The fourth-order valence-electron chi connectivity index (χ4n) is 0.909. The molecule has 9 heavy (non-hydrogen) atoms. The third-order valence-electron chi connectivity index (χ3n) is 1.74. The van der Waals surface area contributed by atoms with Crippen molar-refractivity contribution in [1.82, 2.24) is 0 Å². The molecule has 0 aromatic rings. The lowest BCUT2D eigenvalue weighted by Gasteiger charge is -2.29. The highest BCUT2D eigenvalue weighted by Crippen LogP contribution is 2.27. The normalized spacial score (nSPS) is 33.1. The Kier molecular flexibility index (Phi) is 1.71. The van der Waals surface area contributed by atoms with Crippen LogP contribution in [-0.2, 0) is 9.53 Å². The van der Waals surface area contributed by atoms with Crippen LogP contribution >= 0.6 is 0 Å². The first-order valence-corrected chi connectivity index (χ1v) is 3.01. The van der Waals surface area contributed by atoms with Crippen LogP contribution in [0.4, 0.5) is 0 Å². The van der Waals surface area contributed by atoms with Gasteiger partial charge in [0.1, 0.15) is 0 Å². The van der Waals surface area contributed by atoms with E-state index in [2.05, 4.69) is 4.74 Å². The quantitative estimate of drug-likeness (QED) is 0.505. The van der Waals surface area contributed by atoms with E-state index in [-0.39, 0.29) is 11.9 Å². The molecule has 1 aliphatic carbocycles. The summed E-state index contributed by atoms with van der Waals surface area (Å²) < 4.78 is 4.43. The number of aliphatic hydroxyl groups excluding tert-OH is 1. The fraction of sp³-hybridized carbons (Fsp3) is 0.833. The molecule has 0 spiro atoms. The van der Waals surface area contributed by atoms with Gasteiger partial charge >= 0.3 is 5.97 Å². The lowest BCUT2D eigenvalue weighted by Crippen LogP contribution is -2.37. The van der Waals surface area contributed by atoms with Crippen molar-refractivity contribution in [2.45, 2.75) is 18.9 Å². The maximum atomic E-state index is 10.6. The van der Waals surface area contributed by atoms with Gasteiger partial charge in [-0.15, -0.1) is 0 Å². The van der Waals surface area contributed by atoms with Crippen LogP contribution in [0, 0.1) is 5.92 Å². The second-order valence-electron chi connectivity index (χ2n) is 2.27. The summed E-state index contributed by atoms with van der Waals surface area (Å²) in [6, 6.07) is 0. The standard InChI is InChI=1S/C6H10O3/c1-9-6(8)4-2-3-5(4)7/h4-5,7H,2-3H2,1H3/t4-,5+/m1/s1. The smallest absolute Gasteiger partial charge is 0.311 e. The van der Waals surface area contributed by atoms with Crippen LogP contribution in [0.15, 0.2) is 0 Å². The van der Waals surface area contributed by atoms with Gasteiger partial charge in [-0.25, -0.2) is 0 Å². The molecule has 3 heteroatoms. The minimum absolute atomic E-state index is 0.241. The second kappa shape index (κ2) is 2.35. The Balaban J connectivity index is 2.35. The van der Waals surface area contributed by atoms with Crippen molar-refractivity contribution in [3.05, 3.63) is 0 Å². The number of rotatable bonds is 1. The maximum absolute atomic E-state index is 10.6. The van der Waals surface area contributed by atoms with Crippen molar-refractivity contribution in [2.75, 3.05) is 7.11 Å². The molecule has 52 valence electrons. The van der Waals surface area contributed by atoms with Gasteiger partial charge in [0.2, 0.25) is 0 Å². The average molecular weight is 130 g/mol. The number of aliphatic hydroxyl groups is 1. The fourth-order valence-corrected chi connectivity index (χ4v) is 0.909. The van der Waals surface area contributed by atoms with Crippen LogP contribution < -0.4 is 0 Å². The molecule has 0 aromatic carbocycles. The van der Waals surface area contributed by atoms with E-state index >= 15 is 0 Å². The molecule has 0 saturated heterocycles. The molecule has 3 nitrogen and oxygen atoms in total. The van der Waals surface area contributed by atoms with Crippen molar-refractivity contribution < 1.29 is 14.6 Å². The Morgan fingerprint density at radius 3 is 2.44 bits per heavy atom.